The molecule has 0 aliphatic rings. The van der Waals surface area contributed by atoms with Gasteiger partial charge in [0.25, 0.3) is 5.91 Å². The predicted molar refractivity (Wildman–Crippen MR) is 107 cm³/mol. The second kappa shape index (κ2) is 10.3. The van der Waals surface area contributed by atoms with Crippen LogP contribution in [0, 0.1) is 0 Å². The first-order valence-electron chi connectivity index (χ1n) is 9.14. The average Bonchev–Trinajstić information content (AvgIpc) is 2.72. The number of rotatable bonds is 7. The number of carbonyl (C=O) groups excluding carboxylic acids is 2. The Labute approximate surface area is 176 Å². The third-order valence-corrected chi connectivity index (χ3v) is 4.20. The fourth-order valence-electron chi connectivity index (χ4n) is 2.52. The molecular weight excluding hydrogens is 417 g/mol. The summed E-state index contributed by atoms with van der Waals surface area (Å²) in [6.45, 7) is 0.163. The SMILES string of the molecule is CN(CCCC(=O)NNC(=O)c1ccccc1Nc1ccc(C(F)(F)F)cc1)C(=O)O. The lowest BCUT2D eigenvalue weighted by Crippen LogP contribution is -2.42. The summed E-state index contributed by atoms with van der Waals surface area (Å²) < 4.78 is 38.0. The summed E-state index contributed by atoms with van der Waals surface area (Å²) in [5, 5.41) is 11.6. The predicted octanol–water partition coefficient (Wildman–Crippen LogP) is 3.60. The smallest absolute Gasteiger partial charge is 0.416 e. The van der Waals surface area contributed by atoms with Gasteiger partial charge < -0.3 is 15.3 Å². The topological polar surface area (TPSA) is 111 Å². The minimum atomic E-state index is -4.45. The van der Waals surface area contributed by atoms with E-state index in [-0.39, 0.29) is 24.9 Å². The number of hydrazine groups is 1. The van der Waals surface area contributed by atoms with Gasteiger partial charge >= 0.3 is 12.3 Å². The highest BCUT2D eigenvalue weighted by molar-refractivity contribution is 6.01. The van der Waals surface area contributed by atoms with Crippen molar-refractivity contribution in [2.45, 2.75) is 19.0 Å². The van der Waals surface area contributed by atoms with E-state index in [2.05, 4.69) is 16.2 Å². The van der Waals surface area contributed by atoms with E-state index < -0.39 is 29.6 Å². The minimum absolute atomic E-state index is 0.00332. The zero-order chi connectivity index (χ0) is 23.0. The van der Waals surface area contributed by atoms with Gasteiger partial charge in [-0.25, -0.2) is 4.79 Å². The van der Waals surface area contributed by atoms with Crippen LogP contribution in [-0.2, 0) is 11.0 Å². The number of carbonyl (C=O) groups is 3. The molecule has 11 heteroatoms. The number of benzene rings is 2. The lowest BCUT2D eigenvalue weighted by molar-refractivity contribution is -0.137. The normalized spacial score (nSPS) is 10.8. The van der Waals surface area contributed by atoms with Crippen LogP contribution in [0.15, 0.2) is 48.5 Å². The maximum Gasteiger partial charge on any atom is 0.416 e. The summed E-state index contributed by atoms with van der Waals surface area (Å²) in [5.74, 6) is -1.13. The third-order valence-electron chi connectivity index (χ3n) is 4.20. The molecule has 0 atom stereocenters. The molecule has 4 N–H and O–H groups in total. The van der Waals surface area contributed by atoms with Gasteiger partial charge in [0.1, 0.15) is 0 Å². The van der Waals surface area contributed by atoms with E-state index in [1.165, 1.54) is 25.2 Å². The van der Waals surface area contributed by atoms with Crippen molar-refractivity contribution in [3.05, 3.63) is 59.7 Å². The fourth-order valence-corrected chi connectivity index (χ4v) is 2.52. The molecule has 0 bridgehead atoms. The number of anilines is 2. The Morgan fingerprint density at radius 1 is 1.00 bits per heavy atom. The first-order chi connectivity index (χ1) is 14.6. The molecule has 0 aromatic heterocycles. The van der Waals surface area contributed by atoms with Crippen LogP contribution in [0.5, 0.6) is 0 Å². The van der Waals surface area contributed by atoms with Crippen molar-refractivity contribution in [1.29, 1.82) is 0 Å². The van der Waals surface area contributed by atoms with Crippen LogP contribution in [0.1, 0.15) is 28.8 Å². The molecule has 2 rings (SSSR count). The van der Waals surface area contributed by atoms with Crippen molar-refractivity contribution in [3.63, 3.8) is 0 Å². The average molecular weight is 438 g/mol. The molecule has 0 heterocycles. The quantitative estimate of drug-likeness (QED) is 0.494. The van der Waals surface area contributed by atoms with Gasteiger partial charge in [-0.15, -0.1) is 0 Å². The van der Waals surface area contributed by atoms with Gasteiger partial charge in [-0.2, -0.15) is 13.2 Å². The Hall–Kier alpha value is -3.76. The van der Waals surface area contributed by atoms with Crippen molar-refractivity contribution < 1.29 is 32.7 Å². The summed E-state index contributed by atoms with van der Waals surface area (Å²) in [5.41, 5.74) is 4.55. The number of nitrogens with zero attached hydrogens (tertiary/aromatic N) is 1. The number of hydrogen-bond donors (Lipinski definition) is 4. The number of para-hydroxylation sites is 1. The van der Waals surface area contributed by atoms with Gasteiger partial charge in [0.05, 0.1) is 16.8 Å². The molecule has 8 nitrogen and oxygen atoms in total. The van der Waals surface area contributed by atoms with E-state index in [9.17, 15) is 27.6 Å². The molecule has 0 saturated carbocycles. The summed E-state index contributed by atoms with van der Waals surface area (Å²) in [4.78, 5) is 36.0. The highest BCUT2D eigenvalue weighted by Gasteiger charge is 2.30. The Balaban J connectivity index is 1.94. The van der Waals surface area contributed by atoms with E-state index in [1.807, 2.05) is 0 Å². The molecule has 0 fully saturated rings. The van der Waals surface area contributed by atoms with E-state index in [1.54, 1.807) is 18.2 Å². The summed E-state index contributed by atoms with van der Waals surface area (Å²) in [6, 6.07) is 10.6. The number of hydrogen-bond acceptors (Lipinski definition) is 4. The molecule has 0 unspecified atom stereocenters. The Morgan fingerprint density at radius 2 is 1.65 bits per heavy atom. The monoisotopic (exact) mass is 438 g/mol. The van der Waals surface area contributed by atoms with Gasteiger partial charge in [0.15, 0.2) is 0 Å². The molecule has 0 radical (unpaired) electrons. The van der Waals surface area contributed by atoms with E-state index in [0.717, 1.165) is 17.0 Å². The van der Waals surface area contributed by atoms with Crippen molar-refractivity contribution in [1.82, 2.24) is 15.8 Å². The first-order valence-corrected chi connectivity index (χ1v) is 9.14. The number of carboxylic acid groups (broad SMARTS) is 1. The van der Waals surface area contributed by atoms with Crippen molar-refractivity contribution in [3.8, 4) is 0 Å². The summed E-state index contributed by atoms with van der Waals surface area (Å²) in [7, 11) is 1.38. The summed E-state index contributed by atoms with van der Waals surface area (Å²) >= 11 is 0. The van der Waals surface area contributed by atoms with Gasteiger partial charge in [-0.05, 0) is 42.8 Å². The van der Waals surface area contributed by atoms with E-state index >= 15 is 0 Å². The first kappa shape index (κ1) is 23.5. The second-order valence-electron chi connectivity index (χ2n) is 6.56. The molecule has 0 saturated heterocycles. The molecule has 166 valence electrons. The van der Waals surface area contributed by atoms with Gasteiger partial charge in [0.2, 0.25) is 5.91 Å². The standard InChI is InChI=1S/C20H21F3N4O4/c1-27(19(30)31)12-4-7-17(28)25-26-18(29)15-5-2-3-6-16(15)24-14-10-8-13(9-11-14)20(21,22)23/h2-3,5-6,8-11,24H,4,7,12H2,1H3,(H,25,28)(H,26,29)(H,30,31). The Kier molecular flexibility index (Phi) is 7.83. The fraction of sp³-hybridized carbons (Fsp3) is 0.250. The second-order valence-corrected chi connectivity index (χ2v) is 6.56. The number of amides is 3. The van der Waals surface area contributed by atoms with Crippen LogP contribution in [0.2, 0.25) is 0 Å². The van der Waals surface area contributed by atoms with Crippen molar-refractivity contribution in [2.24, 2.45) is 0 Å². The Bertz CT molecular complexity index is 933. The lowest BCUT2D eigenvalue weighted by Gasteiger charge is -2.14. The number of halogens is 3. The highest BCUT2D eigenvalue weighted by Crippen LogP contribution is 2.30. The maximum atomic E-state index is 12.7. The molecule has 2 aromatic rings. The zero-order valence-corrected chi connectivity index (χ0v) is 16.5. The largest absolute Gasteiger partial charge is 0.465 e. The molecule has 3 amide bonds. The molecule has 0 aliphatic heterocycles. The minimum Gasteiger partial charge on any atom is -0.465 e. The van der Waals surface area contributed by atoms with E-state index in [0.29, 0.717) is 11.4 Å². The molecule has 31 heavy (non-hydrogen) atoms. The van der Waals surface area contributed by atoms with Gasteiger partial charge in [-0.3, -0.25) is 20.4 Å². The van der Waals surface area contributed by atoms with Crippen LogP contribution in [0.25, 0.3) is 0 Å². The molecule has 0 spiro atoms. The van der Waals surface area contributed by atoms with Gasteiger partial charge in [0, 0.05) is 25.7 Å². The number of nitrogens with one attached hydrogen (secondary N) is 3. The molecular formula is C20H21F3N4O4. The van der Waals surface area contributed by atoms with Crippen LogP contribution >= 0.6 is 0 Å². The van der Waals surface area contributed by atoms with Crippen LogP contribution in [-0.4, -0.2) is 41.5 Å². The summed E-state index contributed by atoms with van der Waals surface area (Å²) in [6.07, 6.45) is -5.27. The van der Waals surface area contributed by atoms with Crippen molar-refractivity contribution >= 4 is 29.3 Å². The van der Waals surface area contributed by atoms with Crippen LogP contribution in [0.3, 0.4) is 0 Å². The van der Waals surface area contributed by atoms with Gasteiger partial charge in [-0.1, -0.05) is 12.1 Å². The maximum absolute atomic E-state index is 12.7. The zero-order valence-electron chi connectivity index (χ0n) is 16.5. The third kappa shape index (κ3) is 7.21. The van der Waals surface area contributed by atoms with Crippen molar-refractivity contribution in [2.75, 3.05) is 18.9 Å². The highest BCUT2D eigenvalue weighted by atomic mass is 19.4. The molecule has 0 aliphatic carbocycles. The molecule has 2 aromatic carbocycles. The van der Waals surface area contributed by atoms with Crippen LogP contribution < -0.4 is 16.2 Å². The Morgan fingerprint density at radius 3 is 2.26 bits per heavy atom. The van der Waals surface area contributed by atoms with E-state index in [4.69, 9.17) is 5.11 Å². The lowest BCUT2D eigenvalue weighted by atomic mass is 10.1. The number of alkyl halides is 3. The van der Waals surface area contributed by atoms with Crippen LogP contribution in [0.4, 0.5) is 29.3 Å².